The van der Waals surface area contributed by atoms with Crippen LogP contribution in [0.2, 0.25) is 0 Å². The summed E-state index contributed by atoms with van der Waals surface area (Å²) in [5, 5.41) is 5.48. The van der Waals surface area contributed by atoms with Crippen LogP contribution in [0.4, 0.5) is 5.69 Å². The fourth-order valence-electron chi connectivity index (χ4n) is 1.60. The van der Waals surface area contributed by atoms with Gasteiger partial charge in [-0.1, -0.05) is 12.1 Å². The van der Waals surface area contributed by atoms with E-state index < -0.39 is 6.04 Å². The minimum Gasteiger partial charge on any atom is -0.398 e. The Bertz CT molecular complexity index is 469. The molecule has 96 valence electrons. The molecule has 0 heterocycles. The van der Waals surface area contributed by atoms with Crippen molar-refractivity contribution >= 4 is 17.5 Å². The summed E-state index contributed by atoms with van der Waals surface area (Å²) in [5.74, 6) is -0.480. The van der Waals surface area contributed by atoms with Gasteiger partial charge < -0.3 is 16.4 Å². The Morgan fingerprint density at radius 1 is 1.33 bits per heavy atom. The summed E-state index contributed by atoms with van der Waals surface area (Å²) >= 11 is 0. The quantitative estimate of drug-likeness (QED) is 0.683. The van der Waals surface area contributed by atoms with Crippen molar-refractivity contribution < 1.29 is 9.59 Å². The summed E-state index contributed by atoms with van der Waals surface area (Å²) in [4.78, 5) is 23.6. The van der Waals surface area contributed by atoms with Gasteiger partial charge in [0.25, 0.3) is 5.91 Å². The highest BCUT2D eigenvalue weighted by Crippen LogP contribution is 2.18. The Labute approximate surface area is 106 Å². The van der Waals surface area contributed by atoms with E-state index >= 15 is 0 Å². The molecule has 2 amide bonds. The molecule has 1 aromatic rings. The van der Waals surface area contributed by atoms with Crippen molar-refractivity contribution in [3.8, 4) is 0 Å². The molecule has 0 bridgehead atoms. The van der Waals surface area contributed by atoms with E-state index in [9.17, 15) is 9.59 Å². The normalized spacial score (nSPS) is 15.8. The van der Waals surface area contributed by atoms with E-state index in [4.69, 9.17) is 5.73 Å². The molecule has 1 fully saturated rings. The molecule has 0 radical (unpaired) electrons. The Morgan fingerprint density at radius 2 is 2.00 bits per heavy atom. The van der Waals surface area contributed by atoms with Gasteiger partial charge in [-0.25, -0.2) is 0 Å². The second-order valence-electron chi connectivity index (χ2n) is 4.57. The SMILES string of the molecule is CC(NC(=O)c1ccccc1N)C(=O)NC1CC1. The molecular formula is C13H17N3O2. The third-order valence-electron chi connectivity index (χ3n) is 2.87. The molecule has 1 atom stereocenters. The number of nitrogens with one attached hydrogen (secondary N) is 2. The summed E-state index contributed by atoms with van der Waals surface area (Å²) in [5.41, 5.74) is 6.50. The maximum atomic E-state index is 11.9. The predicted molar refractivity (Wildman–Crippen MR) is 68.9 cm³/mol. The highest BCUT2D eigenvalue weighted by molar-refractivity contribution is 6.01. The van der Waals surface area contributed by atoms with Gasteiger partial charge in [-0.3, -0.25) is 9.59 Å². The number of para-hydroxylation sites is 1. The molecule has 0 aromatic heterocycles. The molecule has 5 heteroatoms. The Morgan fingerprint density at radius 3 is 2.61 bits per heavy atom. The number of hydrogen-bond acceptors (Lipinski definition) is 3. The van der Waals surface area contributed by atoms with Crippen molar-refractivity contribution in [2.24, 2.45) is 0 Å². The molecule has 4 N–H and O–H groups in total. The molecule has 0 spiro atoms. The van der Waals surface area contributed by atoms with Gasteiger partial charge in [0.2, 0.25) is 5.91 Å². The van der Waals surface area contributed by atoms with Crippen LogP contribution in [0, 0.1) is 0 Å². The number of carbonyl (C=O) groups excluding carboxylic acids is 2. The third kappa shape index (κ3) is 3.00. The highest BCUT2D eigenvalue weighted by Gasteiger charge is 2.26. The lowest BCUT2D eigenvalue weighted by Gasteiger charge is -2.14. The second-order valence-corrected chi connectivity index (χ2v) is 4.57. The Kier molecular flexibility index (Phi) is 3.50. The standard InChI is InChI=1S/C13H17N3O2/c1-8(12(17)16-9-6-7-9)15-13(18)10-4-2-3-5-11(10)14/h2-5,8-9H,6-7,14H2,1H3,(H,15,18)(H,16,17). The number of carbonyl (C=O) groups is 2. The maximum Gasteiger partial charge on any atom is 0.254 e. The van der Waals surface area contributed by atoms with Crippen LogP contribution in [0.25, 0.3) is 0 Å². The van der Waals surface area contributed by atoms with Crippen LogP contribution >= 0.6 is 0 Å². The lowest BCUT2D eigenvalue weighted by atomic mass is 10.1. The number of amides is 2. The largest absolute Gasteiger partial charge is 0.398 e. The molecular weight excluding hydrogens is 230 g/mol. The van der Waals surface area contributed by atoms with Crippen molar-refractivity contribution in [3.63, 3.8) is 0 Å². The Hall–Kier alpha value is -2.04. The number of benzene rings is 1. The van der Waals surface area contributed by atoms with Crippen LogP contribution in [0.1, 0.15) is 30.1 Å². The van der Waals surface area contributed by atoms with Gasteiger partial charge in [0, 0.05) is 11.7 Å². The third-order valence-corrected chi connectivity index (χ3v) is 2.87. The maximum absolute atomic E-state index is 11.9. The lowest BCUT2D eigenvalue weighted by molar-refractivity contribution is -0.122. The first-order valence-corrected chi connectivity index (χ1v) is 6.03. The van der Waals surface area contributed by atoms with E-state index in [0.29, 0.717) is 17.3 Å². The number of nitrogens with two attached hydrogens (primary N) is 1. The summed E-state index contributed by atoms with van der Waals surface area (Å²) < 4.78 is 0. The number of nitrogen functional groups attached to an aromatic ring is 1. The van der Waals surface area contributed by atoms with Crippen LogP contribution in [-0.4, -0.2) is 23.9 Å². The van der Waals surface area contributed by atoms with E-state index in [-0.39, 0.29) is 11.8 Å². The van der Waals surface area contributed by atoms with Gasteiger partial charge in [0.15, 0.2) is 0 Å². The van der Waals surface area contributed by atoms with Crippen LogP contribution in [0.5, 0.6) is 0 Å². The molecule has 0 saturated heterocycles. The number of rotatable bonds is 4. The fraction of sp³-hybridized carbons (Fsp3) is 0.385. The molecule has 0 aliphatic heterocycles. The van der Waals surface area contributed by atoms with E-state index in [1.165, 1.54) is 0 Å². The lowest BCUT2D eigenvalue weighted by Crippen LogP contribution is -2.45. The zero-order chi connectivity index (χ0) is 13.1. The van der Waals surface area contributed by atoms with Gasteiger partial charge >= 0.3 is 0 Å². The van der Waals surface area contributed by atoms with Gasteiger partial charge in [0.05, 0.1) is 5.56 Å². The molecule has 1 unspecified atom stereocenters. The molecule has 1 aliphatic carbocycles. The summed E-state index contributed by atoms with van der Waals surface area (Å²) in [6.07, 6.45) is 2.05. The molecule has 1 saturated carbocycles. The van der Waals surface area contributed by atoms with Gasteiger partial charge in [0.1, 0.15) is 6.04 Å². The zero-order valence-electron chi connectivity index (χ0n) is 10.3. The van der Waals surface area contributed by atoms with Crippen LogP contribution < -0.4 is 16.4 Å². The highest BCUT2D eigenvalue weighted by atomic mass is 16.2. The van der Waals surface area contributed by atoms with E-state index in [2.05, 4.69) is 10.6 Å². The first-order chi connectivity index (χ1) is 8.58. The zero-order valence-corrected chi connectivity index (χ0v) is 10.3. The second kappa shape index (κ2) is 5.08. The number of hydrogen-bond donors (Lipinski definition) is 3. The average Bonchev–Trinajstić information content (AvgIpc) is 3.13. The topological polar surface area (TPSA) is 84.2 Å². The van der Waals surface area contributed by atoms with Gasteiger partial charge in [-0.15, -0.1) is 0 Å². The smallest absolute Gasteiger partial charge is 0.254 e. The van der Waals surface area contributed by atoms with Crippen LogP contribution in [-0.2, 0) is 4.79 Å². The van der Waals surface area contributed by atoms with Crippen molar-refractivity contribution in [3.05, 3.63) is 29.8 Å². The van der Waals surface area contributed by atoms with E-state index in [0.717, 1.165) is 12.8 Å². The molecule has 2 rings (SSSR count). The molecule has 1 aromatic carbocycles. The summed E-state index contributed by atoms with van der Waals surface area (Å²) in [7, 11) is 0. The first kappa shape index (κ1) is 12.4. The number of anilines is 1. The van der Waals surface area contributed by atoms with Crippen molar-refractivity contribution in [1.29, 1.82) is 0 Å². The first-order valence-electron chi connectivity index (χ1n) is 6.03. The van der Waals surface area contributed by atoms with E-state index in [1.54, 1.807) is 31.2 Å². The molecule has 5 nitrogen and oxygen atoms in total. The van der Waals surface area contributed by atoms with Crippen molar-refractivity contribution in [2.75, 3.05) is 5.73 Å². The molecule has 18 heavy (non-hydrogen) atoms. The minimum absolute atomic E-state index is 0.152. The van der Waals surface area contributed by atoms with Gasteiger partial charge in [-0.05, 0) is 31.9 Å². The van der Waals surface area contributed by atoms with Crippen LogP contribution in [0.15, 0.2) is 24.3 Å². The van der Waals surface area contributed by atoms with Crippen molar-refractivity contribution in [2.45, 2.75) is 31.8 Å². The average molecular weight is 247 g/mol. The fourth-order valence-corrected chi connectivity index (χ4v) is 1.60. The van der Waals surface area contributed by atoms with E-state index in [1.807, 2.05) is 0 Å². The van der Waals surface area contributed by atoms with Crippen LogP contribution in [0.3, 0.4) is 0 Å². The predicted octanol–water partition coefficient (Wildman–Crippen LogP) is 0.666. The summed E-state index contributed by atoms with van der Waals surface area (Å²) in [6.45, 7) is 1.66. The minimum atomic E-state index is -0.558. The molecule has 1 aliphatic rings. The monoisotopic (exact) mass is 247 g/mol. The van der Waals surface area contributed by atoms with Gasteiger partial charge in [-0.2, -0.15) is 0 Å². The summed E-state index contributed by atoms with van der Waals surface area (Å²) in [6, 6.07) is 6.52. The van der Waals surface area contributed by atoms with Crippen molar-refractivity contribution in [1.82, 2.24) is 10.6 Å². The Balaban J connectivity index is 1.94.